The number of benzene rings is 1. The summed E-state index contributed by atoms with van der Waals surface area (Å²) in [5.41, 5.74) is 1.36. The largest absolute Gasteiger partial charge is 0.490 e. The predicted molar refractivity (Wildman–Crippen MR) is 78.6 cm³/mol. The first kappa shape index (κ1) is 14.4. The maximum atomic E-state index is 8.89. The van der Waals surface area contributed by atoms with Crippen molar-refractivity contribution in [3.8, 4) is 17.6 Å². The molecule has 0 bridgehead atoms. The monoisotopic (exact) mass is 332 g/mol. The Morgan fingerprint density at radius 3 is 2.70 bits per heavy atom. The molecule has 2 rings (SSSR count). The van der Waals surface area contributed by atoms with Gasteiger partial charge in [0.05, 0.1) is 23.9 Å². The van der Waals surface area contributed by atoms with E-state index < -0.39 is 0 Å². The van der Waals surface area contributed by atoms with E-state index in [2.05, 4.69) is 27.0 Å². The number of aromatic nitrogens is 1. The van der Waals surface area contributed by atoms with Crippen LogP contribution in [0.25, 0.3) is 0 Å². The van der Waals surface area contributed by atoms with Gasteiger partial charge < -0.3 is 9.47 Å². The minimum absolute atomic E-state index is 0.346. The Morgan fingerprint density at radius 1 is 1.20 bits per heavy atom. The van der Waals surface area contributed by atoms with E-state index in [1.54, 1.807) is 24.4 Å². The van der Waals surface area contributed by atoms with Crippen LogP contribution in [0.3, 0.4) is 0 Å². The lowest BCUT2D eigenvalue weighted by Crippen LogP contribution is -2.01. The average molecular weight is 333 g/mol. The molecule has 0 fully saturated rings. The number of rotatable bonds is 5. The molecular formula is C15H13BrN2O2. The number of hydrogen-bond donors (Lipinski definition) is 0. The van der Waals surface area contributed by atoms with Crippen LogP contribution in [0.2, 0.25) is 0 Å². The lowest BCUT2D eigenvalue weighted by molar-refractivity contribution is 0.266. The molecule has 1 aromatic carbocycles. The van der Waals surface area contributed by atoms with Crippen molar-refractivity contribution in [3.63, 3.8) is 0 Å². The second kappa shape index (κ2) is 6.92. The highest BCUT2D eigenvalue weighted by molar-refractivity contribution is 9.10. The van der Waals surface area contributed by atoms with Gasteiger partial charge in [0.15, 0.2) is 11.5 Å². The Kier molecular flexibility index (Phi) is 4.97. The quantitative estimate of drug-likeness (QED) is 0.837. The molecule has 0 N–H and O–H groups in total. The summed E-state index contributed by atoms with van der Waals surface area (Å²) in [7, 11) is 0. The Bertz CT molecular complexity index is 621. The molecule has 0 aliphatic rings. The van der Waals surface area contributed by atoms with E-state index in [0.29, 0.717) is 30.3 Å². The molecule has 0 aliphatic carbocycles. The van der Waals surface area contributed by atoms with Crippen molar-refractivity contribution in [2.24, 2.45) is 0 Å². The summed E-state index contributed by atoms with van der Waals surface area (Å²) < 4.78 is 12.1. The van der Waals surface area contributed by atoms with E-state index in [9.17, 15) is 0 Å². The van der Waals surface area contributed by atoms with Crippen molar-refractivity contribution in [2.45, 2.75) is 13.5 Å². The van der Waals surface area contributed by atoms with Gasteiger partial charge in [-0.3, -0.25) is 4.98 Å². The van der Waals surface area contributed by atoms with Crippen LogP contribution in [0.1, 0.15) is 18.2 Å². The second-order valence-corrected chi connectivity index (χ2v) is 4.88. The summed E-state index contributed by atoms with van der Waals surface area (Å²) in [6.45, 7) is 2.75. The third-order valence-electron chi connectivity index (χ3n) is 2.54. The number of nitrogens with zero attached hydrogens (tertiary/aromatic N) is 2. The molecule has 5 heteroatoms. The van der Waals surface area contributed by atoms with Gasteiger partial charge in [-0.05, 0) is 47.1 Å². The first-order valence-corrected chi connectivity index (χ1v) is 6.92. The molecule has 0 spiro atoms. The van der Waals surface area contributed by atoms with Gasteiger partial charge in [0.2, 0.25) is 0 Å². The maximum absolute atomic E-state index is 8.89. The van der Waals surface area contributed by atoms with E-state index in [0.717, 1.165) is 10.2 Å². The molecule has 0 saturated heterocycles. The predicted octanol–water partition coefficient (Wildman–Crippen LogP) is 3.69. The van der Waals surface area contributed by atoms with E-state index in [-0.39, 0.29) is 0 Å². The highest BCUT2D eigenvalue weighted by atomic mass is 79.9. The van der Waals surface area contributed by atoms with Crippen molar-refractivity contribution >= 4 is 15.9 Å². The zero-order valence-corrected chi connectivity index (χ0v) is 12.6. The van der Waals surface area contributed by atoms with Gasteiger partial charge in [0.1, 0.15) is 6.61 Å². The van der Waals surface area contributed by atoms with Crippen LogP contribution in [0.15, 0.2) is 41.0 Å². The smallest absolute Gasteiger partial charge is 0.162 e. The molecule has 0 saturated carbocycles. The average Bonchev–Trinajstić information content (AvgIpc) is 2.48. The standard InChI is InChI=1S/C15H13BrN2O2/c1-2-19-15-7-11(8-17)3-6-14(15)20-10-13-5-4-12(16)9-18-13/h3-7,9H,2,10H2,1H3. The van der Waals surface area contributed by atoms with Crippen LogP contribution in [0.5, 0.6) is 11.5 Å². The Balaban J connectivity index is 2.12. The Morgan fingerprint density at radius 2 is 2.05 bits per heavy atom. The normalized spacial score (nSPS) is 9.85. The van der Waals surface area contributed by atoms with Crippen molar-refractivity contribution in [1.29, 1.82) is 5.26 Å². The molecule has 0 amide bonds. The maximum Gasteiger partial charge on any atom is 0.162 e. The van der Waals surface area contributed by atoms with Crippen molar-refractivity contribution < 1.29 is 9.47 Å². The summed E-state index contributed by atoms with van der Waals surface area (Å²) in [6.07, 6.45) is 1.72. The van der Waals surface area contributed by atoms with Crippen molar-refractivity contribution in [3.05, 3.63) is 52.3 Å². The molecule has 4 nitrogen and oxygen atoms in total. The highest BCUT2D eigenvalue weighted by Gasteiger charge is 2.07. The lowest BCUT2D eigenvalue weighted by atomic mass is 10.2. The first-order valence-electron chi connectivity index (χ1n) is 6.13. The van der Waals surface area contributed by atoms with E-state index in [4.69, 9.17) is 14.7 Å². The molecule has 102 valence electrons. The lowest BCUT2D eigenvalue weighted by Gasteiger charge is -2.11. The summed E-state index contributed by atoms with van der Waals surface area (Å²) in [5.74, 6) is 1.18. The van der Waals surface area contributed by atoms with Crippen LogP contribution in [-0.2, 0) is 6.61 Å². The molecular weight excluding hydrogens is 320 g/mol. The molecule has 2 aromatic rings. The van der Waals surface area contributed by atoms with Crippen LogP contribution < -0.4 is 9.47 Å². The molecule has 1 aromatic heterocycles. The number of ether oxygens (including phenoxy) is 2. The van der Waals surface area contributed by atoms with Gasteiger partial charge >= 0.3 is 0 Å². The van der Waals surface area contributed by atoms with Crippen LogP contribution in [0, 0.1) is 11.3 Å². The molecule has 1 heterocycles. The van der Waals surface area contributed by atoms with Gasteiger partial charge in [-0.25, -0.2) is 0 Å². The van der Waals surface area contributed by atoms with Crippen LogP contribution in [0.4, 0.5) is 0 Å². The summed E-state index contributed by atoms with van der Waals surface area (Å²) in [5, 5.41) is 8.89. The fourth-order valence-corrected chi connectivity index (χ4v) is 1.84. The number of hydrogen-bond acceptors (Lipinski definition) is 4. The Labute approximate surface area is 126 Å². The number of halogens is 1. The number of nitriles is 1. The molecule has 0 unspecified atom stereocenters. The molecule has 20 heavy (non-hydrogen) atoms. The second-order valence-electron chi connectivity index (χ2n) is 3.96. The van der Waals surface area contributed by atoms with Crippen LogP contribution in [-0.4, -0.2) is 11.6 Å². The summed E-state index contributed by atoms with van der Waals surface area (Å²) >= 11 is 3.34. The van der Waals surface area contributed by atoms with Gasteiger partial charge in [0, 0.05) is 16.7 Å². The SMILES string of the molecule is CCOc1cc(C#N)ccc1OCc1ccc(Br)cn1. The van der Waals surface area contributed by atoms with E-state index in [1.807, 2.05) is 19.1 Å². The third kappa shape index (κ3) is 3.72. The third-order valence-corrected chi connectivity index (χ3v) is 3.01. The topological polar surface area (TPSA) is 55.1 Å². The molecule has 0 aliphatic heterocycles. The summed E-state index contributed by atoms with van der Waals surface area (Å²) in [6, 6.07) is 11.0. The number of pyridine rings is 1. The fourth-order valence-electron chi connectivity index (χ4n) is 1.61. The van der Waals surface area contributed by atoms with E-state index >= 15 is 0 Å². The minimum Gasteiger partial charge on any atom is -0.490 e. The van der Waals surface area contributed by atoms with E-state index in [1.165, 1.54) is 0 Å². The highest BCUT2D eigenvalue weighted by Crippen LogP contribution is 2.29. The van der Waals surface area contributed by atoms with Gasteiger partial charge in [-0.15, -0.1) is 0 Å². The molecule has 0 radical (unpaired) electrons. The first-order chi connectivity index (χ1) is 9.72. The van der Waals surface area contributed by atoms with Crippen LogP contribution >= 0.6 is 15.9 Å². The zero-order chi connectivity index (χ0) is 14.4. The van der Waals surface area contributed by atoms with Crippen molar-refractivity contribution in [1.82, 2.24) is 4.98 Å². The minimum atomic E-state index is 0.346. The summed E-state index contributed by atoms with van der Waals surface area (Å²) in [4.78, 5) is 4.24. The van der Waals surface area contributed by atoms with Gasteiger partial charge in [-0.2, -0.15) is 5.26 Å². The zero-order valence-electron chi connectivity index (χ0n) is 11.0. The Hall–Kier alpha value is -2.06. The van der Waals surface area contributed by atoms with Crippen molar-refractivity contribution in [2.75, 3.05) is 6.61 Å². The molecule has 0 atom stereocenters. The van der Waals surface area contributed by atoms with Gasteiger partial charge in [0.25, 0.3) is 0 Å². The fraction of sp³-hybridized carbons (Fsp3) is 0.200. The van der Waals surface area contributed by atoms with Gasteiger partial charge in [-0.1, -0.05) is 0 Å².